The van der Waals surface area contributed by atoms with Gasteiger partial charge in [0.1, 0.15) is 5.69 Å². The lowest BCUT2D eigenvalue weighted by molar-refractivity contribution is 0.123. The van der Waals surface area contributed by atoms with Crippen molar-refractivity contribution in [2.75, 3.05) is 13.1 Å². The third kappa shape index (κ3) is 2.49. The van der Waals surface area contributed by atoms with Gasteiger partial charge in [-0.05, 0) is 12.8 Å². The highest BCUT2D eigenvalue weighted by molar-refractivity contribution is 5.65. The molecule has 3 rings (SSSR count). The normalized spacial score (nSPS) is 16.3. The lowest BCUT2D eigenvalue weighted by atomic mass is 10.1. The zero-order valence-electron chi connectivity index (χ0n) is 11.0. The summed E-state index contributed by atoms with van der Waals surface area (Å²) in [5.41, 5.74) is 1.90. The highest BCUT2D eigenvalue weighted by Crippen LogP contribution is 2.23. The second kappa shape index (κ2) is 5.32. The van der Waals surface area contributed by atoms with Crippen LogP contribution in [0.5, 0.6) is 0 Å². The van der Waals surface area contributed by atoms with Crippen molar-refractivity contribution >= 4 is 6.09 Å². The van der Waals surface area contributed by atoms with Crippen molar-refractivity contribution in [2.24, 2.45) is 0 Å². The molecule has 2 aromatic rings. The Morgan fingerprint density at radius 3 is 2.55 bits per heavy atom. The summed E-state index contributed by atoms with van der Waals surface area (Å²) in [6, 6.07) is 10.1. The number of amides is 1. The number of piperidine rings is 1. The van der Waals surface area contributed by atoms with Crippen LogP contribution in [0.1, 0.15) is 18.9 Å². The van der Waals surface area contributed by atoms with Crippen LogP contribution < -0.4 is 0 Å². The van der Waals surface area contributed by atoms with Gasteiger partial charge in [0.25, 0.3) is 0 Å². The van der Waals surface area contributed by atoms with E-state index in [9.17, 15) is 4.79 Å². The number of hydrogen-bond acceptors (Lipinski definition) is 3. The van der Waals surface area contributed by atoms with E-state index in [-0.39, 0.29) is 6.04 Å². The predicted molar refractivity (Wildman–Crippen MR) is 73.3 cm³/mol. The number of carboxylic acid groups (broad SMARTS) is 1. The van der Waals surface area contributed by atoms with Crippen molar-refractivity contribution in [3.8, 4) is 11.3 Å². The summed E-state index contributed by atoms with van der Waals surface area (Å²) in [4.78, 5) is 12.3. The molecule has 1 aliphatic rings. The Bertz CT molecular complexity index is 588. The van der Waals surface area contributed by atoms with Gasteiger partial charge in [-0.1, -0.05) is 35.5 Å². The van der Waals surface area contributed by atoms with E-state index in [1.54, 1.807) is 0 Å². The maximum atomic E-state index is 10.9. The zero-order valence-corrected chi connectivity index (χ0v) is 11.0. The third-order valence-corrected chi connectivity index (χ3v) is 3.69. The third-order valence-electron chi connectivity index (χ3n) is 3.69. The van der Waals surface area contributed by atoms with Crippen molar-refractivity contribution in [3.63, 3.8) is 0 Å². The van der Waals surface area contributed by atoms with E-state index in [2.05, 4.69) is 10.3 Å². The van der Waals surface area contributed by atoms with Gasteiger partial charge in [0.15, 0.2) is 0 Å². The Morgan fingerprint density at radius 1 is 1.20 bits per heavy atom. The average Bonchev–Trinajstić information content (AvgIpc) is 2.98. The monoisotopic (exact) mass is 272 g/mol. The lowest BCUT2D eigenvalue weighted by Crippen LogP contribution is -2.38. The molecule has 1 N–H and O–H groups in total. The smallest absolute Gasteiger partial charge is 0.407 e. The van der Waals surface area contributed by atoms with Gasteiger partial charge in [-0.25, -0.2) is 9.48 Å². The number of hydrogen-bond donors (Lipinski definition) is 1. The van der Waals surface area contributed by atoms with Crippen molar-refractivity contribution in [1.29, 1.82) is 0 Å². The average molecular weight is 272 g/mol. The first kappa shape index (κ1) is 12.7. The van der Waals surface area contributed by atoms with Gasteiger partial charge in [-0.15, -0.1) is 5.10 Å². The Hall–Kier alpha value is -2.37. The van der Waals surface area contributed by atoms with Crippen LogP contribution in [0.15, 0.2) is 36.5 Å². The van der Waals surface area contributed by atoms with E-state index in [0.29, 0.717) is 13.1 Å². The molecule has 6 heteroatoms. The van der Waals surface area contributed by atoms with Gasteiger partial charge in [0, 0.05) is 18.7 Å². The minimum Gasteiger partial charge on any atom is -0.465 e. The highest BCUT2D eigenvalue weighted by atomic mass is 16.4. The number of aromatic nitrogens is 3. The molecule has 1 amide bonds. The van der Waals surface area contributed by atoms with E-state index in [4.69, 9.17) is 5.11 Å². The quantitative estimate of drug-likeness (QED) is 0.910. The molecule has 0 aliphatic carbocycles. The van der Waals surface area contributed by atoms with Gasteiger partial charge in [0.2, 0.25) is 0 Å². The lowest BCUT2D eigenvalue weighted by Gasteiger charge is -2.29. The molecule has 0 unspecified atom stereocenters. The Labute approximate surface area is 116 Å². The van der Waals surface area contributed by atoms with E-state index in [1.165, 1.54) is 4.90 Å². The predicted octanol–water partition coefficient (Wildman–Crippen LogP) is 2.26. The van der Waals surface area contributed by atoms with E-state index >= 15 is 0 Å². The number of benzene rings is 1. The van der Waals surface area contributed by atoms with Gasteiger partial charge in [-0.2, -0.15) is 0 Å². The summed E-state index contributed by atoms with van der Waals surface area (Å²) < 4.78 is 1.86. The first-order valence-electron chi connectivity index (χ1n) is 6.69. The second-order valence-electron chi connectivity index (χ2n) is 4.95. The number of carbonyl (C=O) groups is 1. The first-order chi connectivity index (χ1) is 9.74. The van der Waals surface area contributed by atoms with Crippen molar-refractivity contribution in [2.45, 2.75) is 18.9 Å². The molecule has 1 aliphatic heterocycles. The van der Waals surface area contributed by atoms with Crippen molar-refractivity contribution < 1.29 is 9.90 Å². The first-order valence-corrected chi connectivity index (χ1v) is 6.69. The highest BCUT2D eigenvalue weighted by Gasteiger charge is 2.24. The molecule has 0 spiro atoms. The summed E-state index contributed by atoms with van der Waals surface area (Å²) in [5, 5.41) is 17.3. The fourth-order valence-electron chi connectivity index (χ4n) is 2.52. The number of rotatable bonds is 2. The Balaban J connectivity index is 1.71. The molecule has 0 saturated carbocycles. The summed E-state index contributed by atoms with van der Waals surface area (Å²) in [6.07, 6.45) is 2.66. The maximum Gasteiger partial charge on any atom is 0.407 e. The minimum absolute atomic E-state index is 0.232. The van der Waals surface area contributed by atoms with Gasteiger partial charge >= 0.3 is 6.09 Å². The summed E-state index contributed by atoms with van der Waals surface area (Å²) >= 11 is 0. The van der Waals surface area contributed by atoms with Crippen LogP contribution in [-0.2, 0) is 0 Å². The Morgan fingerprint density at radius 2 is 1.90 bits per heavy atom. The van der Waals surface area contributed by atoms with Crippen LogP contribution in [-0.4, -0.2) is 44.2 Å². The zero-order chi connectivity index (χ0) is 13.9. The fourth-order valence-corrected chi connectivity index (χ4v) is 2.52. The summed E-state index contributed by atoms with van der Waals surface area (Å²) in [7, 11) is 0. The molecule has 6 nitrogen and oxygen atoms in total. The van der Waals surface area contributed by atoms with Crippen LogP contribution in [0, 0.1) is 0 Å². The molecular weight excluding hydrogens is 256 g/mol. The van der Waals surface area contributed by atoms with Gasteiger partial charge < -0.3 is 10.0 Å². The van der Waals surface area contributed by atoms with Crippen molar-refractivity contribution in [1.82, 2.24) is 19.9 Å². The summed E-state index contributed by atoms with van der Waals surface area (Å²) in [5.74, 6) is 0. The molecule has 2 heterocycles. The molecule has 20 heavy (non-hydrogen) atoms. The van der Waals surface area contributed by atoms with E-state index < -0.39 is 6.09 Å². The molecule has 1 saturated heterocycles. The molecule has 104 valence electrons. The number of likely N-dealkylation sites (tertiary alicyclic amines) is 1. The SMILES string of the molecule is O=C(O)N1CCC(n2cc(-c3ccccc3)nn2)CC1. The summed E-state index contributed by atoms with van der Waals surface area (Å²) in [6.45, 7) is 1.11. The molecule has 0 radical (unpaired) electrons. The van der Waals surface area contributed by atoms with Crippen LogP contribution >= 0.6 is 0 Å². The van der Waals surface area contributed by atoms with Gasteiger partial charge in [0.05, 0.1) is 12.2 Å². The maximum absolute atomic E-state index is 10.9. The standard InChI is InChI=1S/C14H16N4O2/c19-14(20)17-8-6-12(7-9-17)18-10-13(15-16-18)11-4-2-1-3-5-11/h1-5,10,12H,6-9H2,(H,19,20). The molecule has 1 aromatic carbocycles. The van der Waals surface area contributed by atoms with E-state index in [1.807, 2.05) is 41.2 Å². The van der Waals surface area contributed by atoms with E-state index in [0.717, 1.165) is 24.1 Å². The van der Waals surface area contributed by atoms with Crippen molar-refractivity contribution in [3.05, 3.63) is 36.5 Å². The fraction of sp³-hybridized carbons (Fsp3) is 0.357. The Kier molecular flexibility index (Phi) is 3.37. The second-order valence-corrected chi connectivity index (χ2v) is 4.95. The van der Waals surface area contributed by atoms with Crippen LogP contribution in [0.4, 0.5) is 4.79 Å². The largest absolute Gasteiger partial charge is 0.465 e. The number of nitrogens with zero attached hydrogens (tertiary/aromatic N) is 4. The van der Waals surface area contributed by atoms with Crippen LogP contribution in [0.25, 0.3) is 11.3 Å². The van der Waals surface area contributed by atoms with Crippen LogP contribution in [0.3, 0.4) is 0 Å². The molecule has 1 aromatic heterocycles. The topological polar surface area (TPSA) is 71.2 Å². The molecule has 1 fully saturated rings. The minimum atomic E-state index is -0.841. The van der Waals surface area contributed by atoms with Gasteiger partial charge in [-0.3, -0.25) is 0 Å². The molecular formula is C14H16N4O2. The molecule has 0 bridgehead atoms. The molecule has 0 atom stereocenters. The van der Waals surface area contributed by atoms with Crippen LogP contribution in [0.2, 0.25) is 0 Å².